The first kappa shape index (κ1) is 22.3. The average molecular weight is 430 g/mol. The molecule has 5 heteroatoms. The van der Waals surface area contributed by atoms with Gasteiger partial charge in [0.05, 0.1) is 12.4 Å². The highest BCUT2D eigenvalue weighted by molar-refractivity contribution is 5.83. The van der Waals surface area contributed by atoms with Gasteiger partial charge in [0.15, 0.2) is 0 Å². The van der Waals surface area contributed by atoms with Crippen molar-refractivity contribution >= 4 is 5.91 Å². The van der Waals surface area contributed by atoms with Crippen LogP contribution in [0.15, 0.2) is 36.2 Å². The third-order valence-corrected chi connectivity index (χ3v) is 8.06. The van der Waals surface area contributed by atoms with E-state index in [9.17, 15) is 9.18 Å². The van der Waals surface area contributed by atoms with E-state index in [2.05, 4.69) is 17.4 Å². The molecule has 170 valence electrons. The predicted molar refractivity (Wildman–Crippen MR) is 120 cm³/mol. The number of amides is 1. The lowest BCUT2D eigenvalue weighted by molar-refractivity contribution is -0.140. The summed E-state index contributed by atoms with van der Waals surface area (Å²) in [5.41, 5.74) is 2.03. The molecule has 4 fully saturated rings. The number of hydrogen-bond acceptors (Lipinski definition) is 3. The number of ether oxygens (including phenoxy) is 2. The maximum Gasteiger partial charge on any atom is 0.226 e. The third-order valence-electron chi connectivity index (χ3n) is 8.06. The summed E-state index contributed by atoms with van der Waals surface area (Å²) in [6.45, 7) is 4.99. The van der Waals surface area contributed by atoms with E-state index in [0.717, 1.165) is 63.7 Å². The lowest BCUT2D eigenvalue weighted by Gasteiger charge is -2.53. The van der Waals surface area contributed by atoms with Crippen molar-refractivity contribution in [1.29, 1.82) is 0 Å². The molecule has 5 rings (SSSR count). The zero-order valence-electron chi connectivity index (χ0n) is 18.9. The van der Waals surface area contributed by atoms with E-state index >= 15 is 0 Å². The number of rotatable bonds is 9. The molecular weight excluding hydrogens is 393 g/mol. The number of carbonyl (C=O) groups is 1. The number of benzene rings is 1. The largest absolute Gasteiger partial charge is 0.489 e. The molecule has 0 aliphatic heterocycles. The first-order chi connectivity index (χ1) is 15.0. The molecule has 4 aliphatic carbocycles. The molecule has 1 aromatic carbocycles. The van der Waals surface area contributed by atoms with E-state index < -0.39 is 0 Å². The highest BCUT2D eigenvalue weighted by Gasteiger charge is 2.53. The zero-order valence-corrected chi connectivity index (χ0v) is 18.9. The molecule has 4 aliphatic rings. The summed E-state index contributed by atoms with van der Waals surface area (Å²) >= 11 is 0. The van der Waals surface area contributed by atoms with Crippen LogP contribution in [0.2, 0.25) is 0 Å². The van der Waals surface area contributed by atoms with Crippen molar-refractivity contribution in [1.82, 2.24) is 5.32 Å². The monoisotopic (exact) mass is 429 g/mol. The molecule has 0 saturated heterocycles. The predicted octanol–water partition coefficient (Wildman–Crippen LogP) is 5.60. The average Bonchev–Trinajstić information content (AvgIpc) is 2.80. The molecule has 0 heterocycles. The van der Waals surface area contributed by atoms with Crippen molar-refractivity contribution in [2.24, 2.45) is 5.41 Å². The normalized spacial score (nSPS) is 32.4. The van der Waals surface area contributed by atoms with Crippen LogP contribution in [0.4, 0.5) is 4.39 Å². The summed E-state index contributed by atoms with van der Waals surface area (Å²) in [6, 6.07) is 8.63. The van der Waals surface area contributed by atoms with Crippen LogP contribution >= 0.6 is 0 Å². The van der Waals surface area contributed by atoms with Gasteiger partial charge in [-0.15, -0.1) is 0 Å². The Morgan fingerprint density at radius 2 is 1.74 bits per heavy atom. The van der Waals surface area contributed by atoms with Gasteiger partial charge in [-0.3, -0.25) is 4.79 Å². The second-order valence-corrected chi connectivity index (χ2v) is 9.71. The van der Waals surface area contributed by atoms with Crippen molar-refractivity contribution in [2.75, 3.05) is 13.2 Å². The van der Waals surface area contributed by atoms with Crippen LogP contribution in [0.3, 0.4) is 0 Å². The Kier molecular flexibility index (Phi) is 6.71. The Morgan fingerprint density at radius 3 is 2.29 bits per heavy atom. The van der Waals surface area contributed by atoms with Crippen molar-refractivity contribution in [2.45, 2.75) is 89.2 Å². The number of halogens is 1. The molecule has 0 aromatic heterocycles. The molecule has 0 radical (unpaired) electrons. The summed E-state index contributed by atoms with van der Waals surface area (Å²) < 4.78 is 24.1. The van der Waals surface area contributed by atoms with Crippen LogP contribution < -0.4 is 10.1 Å². The lowest BCUT2D eigenvalue weighted by Crippen LogP contribution is -2.56. The van der Waals surface area contributed by atoms with E-state index in [1.807, 2.05) is 26.0 Å². The smallest absolute Gasteiger partial charge is 0.226 e. The molecule has 2 bridgehead atoms. The Morgan fingerprint density at radius 1 is 1.10 bits per heavy atom. The van der Waals surface area contributed by atoms with Gasteiger partial charge in [0.2, 0.25) is 5.91 Å². The Hall–Kier alpha value is -1.88. The first-order valence-corrected chi connectivity index (χ1v) is 12.0. The number of nitrogens with one attached hydrogen (secondary N) is 1. The van der Waals surface area contributed by atoms with Crippen LogP contribution in [-0.4, -0.2) is 31.3 Å². The van der Waals surface area contributed by atoms with Gasteiger partial charge in [-0.1, -0.05) is 19.1 Å². The fourth-order valence-corrected chi connectivity index (χ4v) is 5.64. The van der Waals surface area contributed by atoms with Gasteiger partial charge in [0, 0.05) is 18.1 Å². The Labute approximate surface area is 185 Å². The molecule has 31 heavy (non-hydrogen) atoms. The van der Waals surface area contributed by atoms with E-state index in [4.69, 9.17) is 9.47 Å². The number of carbonyl (C=O) groups excluding carboxylic acids is 1. The van der Waals surface area contributed by atoms with Crippen LogP contribution in [0.1, 0.15) is 77.2 Å². The summed E-state index contributed by atoms with van der Waals surface area (Å²) in [4.78, 5) is 13.1. The van der Waals surface area contributed by atoms with Crippen LogP contribution in [0.5, 0.6) is 5.75 Å². The zero-order chi connectivity index (χ0) is 21.9. The molecule has 4 saturated carbocycles. The Bertz CT molecular complexity index is 773. The van der Waals surface area contributed by atoms with Crippen molar-refractivity contribution in [3.63, 3.8) is 0 Å². The highest BCUT2D eigenvalue weighted by Crippen LogP contribution is 2.58. The summed E-state index contributed by atoms with van der Waals surface area (Å²) in [7, 11) is 0. The van der Waals surface area contributed by atoms with Crippen molar-refractivity contribution in [3.05, 3.63) is 41.7 Å². The fourth-order valence-electron chi connectivity index (χ4n) is 5.64. The second kappa shape index (κ2) is 9.32. The summed E-state index contributed by atoms with van der Waals surface area (Å²) in [6.07, 6.45) is 9.64. The van der Waals surface area contributed by atoms with Gasteiger partial charge in [0.1, 0.15) is 12.4 Å². The molecule has 1 N–H and O–H groups in total. The van der Waals surface area contributed by atoms with Crippen LogP contribution in [0, 0.1) is 5.41 Å². The highest BCUT2D eigenvalue weighted by atomic mass is 19.1. The number of hydrogen-bond donors (Lipinski definition) is 1. The van der Waals surface area contributed by atoms with Gasteiger partial charge in [-0.25, -0.2) is 4.39 Å². The van der Waals surface area contributed by atoms with Crippen molar-refractivity contribution in [3.8, 4) is 5.75 Å². The first-order valence-electron chi connectivity index (χ1n) is 12.0. The standard InChI is InChI=1S/C26H36FNO3/c1-3-19(17-27)18-31-22-7-5-20(6-8-22)25-9-12-26(13-10-25,14-11-25)24(29)28-21-15-23(16-21)30-4-2/h5-8,17,21,23H,3-4,9-16,18H2,1-2H3,(H,28,29)/b19-17+. The van der Waals surface area contributed by atoms with Gasteiger partial charge in [0.25, 0.3) is 0 Å². The van der Waals surface area contributed by atoms with Gasteiger partial charge >= 0.3 is 0 Å². The molecule has 1 aromatic rings. The topological polar surface area (TPSA) is 47.6 Å². The summed E-state index contributed by atoms with van der Waals surface area (Å²) in [5.74, 6) is 1.05. The van der Waals surface area contributed by atoms with Crippen LogP contribution in [-0.2, 0) is 14.9 Å². The van der Waals surface area contributed by atoms with Crippen molar-refractivity contribution < 1.29 is 18.7 Å². The molecule has 4 nitrogen and oxygen atoms in total. The molecular formula is C26H36FNO3. The molecule has 0 spiro atoms. The van der Waals surface area contributed by atoms with E-state index in [1.54, 1.807) is 0 Å². The minimum Gasteiger partial charge on any atom is -0.489 e. The van der Waals surface area contributed by atoms with E-state index in [0.29, 0.717) is 37.1 Å². The van der Waals surface area contributed by atoms with Gasteiger partial charge < -0.3 is 14.8 Å². The molecule has 0 atom stereocenters. The number of fused-ring (bicyclic) bond motifs is 3. The minimum absolute atomic E-state index is 0.170. The second-order valence-electron chi connectivity index (χ2n) is 9.71. The van der Waals surface area contributed by atoms with Crippen LogP contribution in [0.25, 0.3) is 0 Å². The fraction of sp³-hybridized carbons (Fsp3) is 0.654. The minimum atomic E-state index is -0.170. The van der Waals surface area contributed by atoms with E-state index in [-0.39, 0.29) is 16.7 Å². The van der Waals surface area contributed by atoms with Gasteiger partial charge in [-0.05, 0) is 93.4 Å². The Balaban J connectivity index is 1.32. The van der Waals surface area contributed by atoms with E-state index in [1.165, 1.54) is 5.56 Å². The quantitative estimate of drug-likeness (QED) is 0.555. The summed E-state index contributed by atoms with van der Waals surface area (Å²) in [5, 5.41) is 3.32. The maximum atomic E-state index is 13.1. The third kappa shape index (κ3) is 4.52. The SMILES string of the molecule is CCOC1CC(NC(=O)C23CCC(c4ccc(OC/C(=C/F)CC)cc4)(CC2)CC3)C1. The van der Waals surface area contributed by atoms with Gasteiger partial charge in [-0.2, -0.15) is 0 Å². The molecule has 1 amide bonds. The molecule has 0 unspecified atom stereocenters. The lowest BCUT2D eigenvalue weighted by atomic mass is 9.51. The maximum absolute atomic E-state index is 13.1.